The topological polar surface area (TPSA) is 81.6 Å². The second kappa shape index (κ2) is 6.16. The van der Waals surface area contributed by atoms with Gasteiger partial charge in [-0.2, -0.15) is 10.4 Å². The van der Waals surface area contributed by atoms with E-state index in [1.165, 1.54) is 0 Å². The first-order valence-electron chi connectivity index (χ1n) is 6.89. The highest BCUT2D eigenvalue weighted by Crippen LogP contribution is 2.25. The summed E-state index contributed by atoms with van der Waals surface area (Å²) < 4.78 is 0.981. The number of nitriles is 1. The van der Waals surface area contributed by atoms with Crippen LogP contribution in [0.25, 0.3) is 17.3 Å². The largest absolute Gasteiger partial charge is 0.349 e. The molecule has 1 aromatic heterocycles. The Morgan fingerprint density at radius 2 is 2.14 bits per heavy atom. The van der Waals surface area contributed by atoms with Gasteiger partial charge in [0.25, 0.3) is 5.91 Å². The molecule has 0 atom stereocenters. The lowest BCUT2D eigenvalue weighted by molar-refractivity contribution is -0.117. The molecule has 6 heteroatoms. The summed E-state index contributed by atoms with van der Waals surface area (Å²) in [4.78, 5) is 12.0. The van der Waals surface area contributed by atoms with Crippen molar-refractivity contribution in [3.63, 3.8) is 0 Å². The molecule has 1 saturated carbocycles. The van der Waals surface area contributed by atoms with Gasteiger partial charge in [0.05, 0.1) is 11.9 Å². The molecule has 5 nitrogen and oxygen atoms in total. The maximum absolute atomic E-state index is 12.0. The Labute approximate surface area is 136 Å². The molecule has 1 fully saturated rings. The quantitative estimate of drug-likeness (QED) is 0.652. The highest BCUT2D eigenvalue weighted by Gasteiger charge is 2.24. The molecule has 3 rings (SSSR count). The van der Waals surface area contributed by atoms with Gasteiger partial charge in [-0.15, -0.1) is 0 Å². The number of hydrogen-bond acceptors (Lipinski definition) is 3. The van der Waals surface area contributed by atoms with Gasteiger partial charge in [0, 0.05) is 21.6 Å². The van der Waals surface area contributed by atoms with Crippen molar-refractivity contribution in [3.8, 4) is 17.3 Å². The summed E-state index contributed by atoms with van der Waals surface area (Å²) in [7, 11) is 0. The van der Waals surface area contributed by atoms with E-state index in [2.05, 4.69) is 31.4 Å². The molecule has 2 N–H and O–H groups in total. The van der Waals surface area contributed by atoms with Gasteiger partial charge in [0.2, 0.25) is 0 Å². The Hall–Kier alpha value is -2.39. The molecule has 110 valence electrons. The Balaban J connectivity index is 1.90. The molecule has 2 aromatic rings. The van der Waals surface area contributed by atoms with Crippen LogP contribution in [0, 0.1) is 11.3 Å². The van der Waals surface area contributed by atoms with Crippen LogP contribution in [0.15, 0.2) is 40.5 Å². The number of nitrogens with one attached hydrogen (secondary N) is 2. The number of carbonyl (C=O) groups excluding carboxylic acids is 1. The van der Waals surface area contributed by atoms with Crippen molar-refractivity contribution in [2.75, 3.05) is 0 Å². The summed E-state index contributed by atoms with van der Waals surface area (Å²) in [5.41, 5.74) is 2.52. The zero-order valence-electron chi connectivity index (χ0n) is 11.6. The second-order valence-corrected chi connectivity index (χ2v) is 6.04. The Morgan fingerprint density at radius 1 is 1.41 bits per heavy atom. The predicted octanol–water partition coefficient (Wildman–Crippen LogP) is 3.02. The van der Waals surface area contributed by atoms with Crippen molar-refractivity contribution < 1.29 is 4.79 Å². The molecule has 0 saturated heterocycles. The maximum Gasteiger partial charge on any atom is 0.262 e. The molecule has 1 amide bonds. The van der Waals surface area contributed by atoms with Crippen LogP contribution in [0.3, 0.4) is 0 Å². The first-order valence-corrected chi connectivity index (χ1v) is 7.68. The van der Waals surface area contributed by atoms with Gasteiger partial charge >= 0.3 is 0 Å². The molecule has 0 radical (unpaired) electrons. The van der Waals surface area contributed by atoms with Crippen LogP contribution in [0.5, 0.6) is 0 Å². The molecular formula is C16H13BrN4O. The number of aromatic amines is 1. The summed E-state index contributed by atoms with van der Waals surface area (Å²) in [6.07, 6.45) is 5.15. The molecule has 1 aliphatic rings. The Bertz CT molecular complexity index is 766. The number of benzene rings is 1. The number of aromatic nitrogens is 2. The highest BCUT2D eigenvalue weighted by atomic mass is 79.9. The summed E-state index contributed by atoms with van der Waals surface area (Å²) in [5.74, 6) is -0.326. The van der Waals surface area contributed by atoms with E-state index in [4.69, 9.17) is 0 Å². The smallest absolute Gasteiger partial charge is 0.262 e. The maximum atomic E-state index is 12.0. The minimum absolute atomic E-state index is 0.0895. The summed E-state index contributed by atoms with van der Waals surface area (Å²) in [6, 6.07) is 9.90. The normalized spacial score (nSPS) is 14.5. The van der Waals surface area contributed by atoms with Gasteiger partial charge in [-0.05, 0) is 31.1 Å². The lowest BCUT2D eigenvalue weighted by Gasteiger charge is -2.03. The van der Waals surface area contributed by atoms with E-state index in [9.17, 15) is 10.1 Å². The fourth-order valence-corrected chi connectivity index (χ4v) is 2.31. The van der Waals surface area contributed by atoms with E-state index in [0.29, 0.717) is 5.56 Å². The van der Waals surface area contributed by atoms with Crippen LogP contribution in [-0.2, 0) is 4.79 Å². The van der Waals surface area contributed by atoms with E-state index >= 15 is 0 Å². The third-order valence-corrected chi connectivity index (χ3v) is 3.91. The zero-order chi connectivity index (χ0) is 15.5. The SMILES string of the molecule is N#CC(=Cc1cn[nH]c1-c1ccc(Br)cc1)C(=O)NC1CC1. The molecule has 1 heterocycles. The van der Waals surface area contributed by atoms with Gasteiger partial charge in [0.15, 0.2) is 0 Å². The van der Waals surface area contributed by atoms with E-state index in [0.717, 1.165) is 28.6 Å². The number of hydrogen-bond donors (Lipinski definition) is 2. The monoisotopic (exact) mass is 356 g/mol. The number of H-pyrrole nitrogens is 1. The molecule has 0 aliphatic heterocycles. The van der Waals surface area contributed by atoms with Crippen molar-refractivity contribution in [2.45, 2.75) is 18.9 Å². The highest BCUT2D eigenvalue weighted by molar-refractivity contribution is 9.10. The number of halogens is 1. The van der Waals surface area contributed by atoms with Crippen LogP contribution < -0.4 is 5.32 Å². The van der Waals surface area contributed by atoms with Gasteiger partial charge in [-0.3, -0.25) is 9.89 Å². The molecule has 1 aromatic carbocycles. The fraction of sp³-hybridized carbons (Fsp3) is 0.188. The van der Waals surface area contributed by atoms with Crippen molar-refractivity contribution >= 4 is 27.9 Å². The van der Waals surface area contributed by atoms with Crippen LogP contribution >= 0.6 is 15.9 Å². The lowest BCUT2D eigenvalue weighted by atomic mass is 10.1. The number of amides is 1. The first-order chi connectivity index (χ1) is 10.7. The van der Waals surface area contributed by atoms with Crippen LogP contribution in [-0.4, -0.2) is 22.1 Å². The average molecular weight is 357 g/mol. The zero-order valence-corrected chi connectivity index (χ0v) is 13.2. The van der Waals surface area contributed by atoms with Crippen LogP contribution in [0.1, 0.15) is 18.4 Å². The molecule has 22 heavy (non-hydrogen) atoms. The second-order valence-electron chi connectivity index (χ2n) is 5.12. The Morgan fingerprint density at radius 3 is 2.77 bits per heavy atom. The standard InChI is InChI=1S/C16H13BrN4O/c17-13-3-1-10(2-4-13)15-12(9-19-21-15)7-11(8-18)16(22)20-14-5-6-14/h1-4,7,9,14H,5-6H2,(H,19,21)(H,20,22). The molecular weight excluding hydrogens is 344 g/mol. The van der Waals surface area contributed by atoms with Crippen molar-refractivity contribution in [1.82, 2.24) is 15.5 Å². The average Bonchev–Trinajstić information content (AvgIpc) is 3.21. The van der Waals surface area contributed by atoms with Gasteiger partial charge < -0.3 is 5.32 Å². The van der Waals surface area contributed by atoms with E-state index in [1.807, 2.05) is 30.3 Å². The fourth-order valence-electron chi connectivity index (χ4n) is 2.05. The summed E-state index contributed by atoms with van der Waals surface area (Å²) >= 11 is 3.39. The van der Waals surface area contributed by atoms with Gasteiger partial charge in [0.1, 0.15) is 11.6 Å². The van der Waals surface area contributed by atoms with Crippen LogP contribution in [0.2, 0.25) is 0 Å². The number of rotatable bonds is 4. The van der Waals surface area contributed by atoms with E-state index in [-0.39, 0.29) is 17.5 Å². The third-order valence-electron chi connectivity index (χ3n) is 3.38. The van der Waals surface area contributed by atoms with Crippen molar-refractivity contribution in [3.05, 3.63) is 46.1 Å². The van der Waals surface area contributed by atoms with Crippen molar-refractivity contribution in [2.24, 2.45) is 0 Å². The molecule has 1 aliphatic carbocycles. The van der Waals surface area contributed by atoms with Gasteiger partial charge in [-0.25, -0.2) is 0 Å². The van der Waals surface area contributed by atoms with E-state index in [1.54, 1.807) is 12.3 Å². The van der Waals surface area contributed by atoms with Gasteiger partial charge in [-0.1, -0.05) is 28.1 Å². The first kappa shape index (κ1) is 14.5. The van der Waals surface area contributed by atoms with Crippen molar-refractivity contribution in [1.29, 1.82) is 5.26 Å². The third kappa shape index (κ3) is 3.26. The molecule has 0 bridgehead atoms. The van der Waals surface area contributed by atoms with E-state index < -0.39 is 0 Å². The minimum atomic E-state index is -0.326. The summed E-state index contributed by atoms with van der Waals surface area (Å²) in [5, 5.41) is 19.0. The van der Waals surface area contributed by atoms with Crippen LogP contribution in [0.4, 0.5) is 0 Å². The molecule has 0 unspecified atom stereocenters. The number of nitrogens with zero attached hydrogens (tertiary/aromatic N) is 2. The predicted molar refractivity (Wildman–Crippen MR) is 86.5 cm³/mol. The summed E-state index contributed by atoms with van der Waals surface area (Å²) in [6.45, 7) is 0. The minimum Gasteiger partial charge on any atom is -0.349 e. The number of carbonyl (C=O) groups is 1. The molecule has 0 spiro atoms. The lowest BCUT2D eigenvalue weighted by Crippen LogP contribution is -2.26. The Kier molecular flexibility index (Phi) is 4.07.